The van der Waals surface area contributed by atoms with Crippen LogP contribution in [0.25, 0.3) is 0 Å². The number of hydrogen-bond acceptors (Lipinski definition) is 2. The highest BCUT2D eigenvalue weighted by atomic mass is 32.2. The molecule has 0 heterocycles. The Hall–Kier alpha value is -1.03. The lowest BCUT2D eigenvalue weighted by molar-refractivity contribution is -0.117. The Morgan fingerprint density at radius 3 is 2.43 bits per heavy atom. The van der Waals surface area contributed by atoms with Gasteiger partial charge in [-0.15, -0.1) is 0 Å². The SMILES string of the molecule is Cc1ccc([S@@](=O)CC(=O)CF)cc1. The molecule has 0 aromatic heterocycles. The molecule has 0 unspecified atom stereocenters. The zero-order valence-corrected chi connectivity index (χ0v) is 8.64. The first kappa shape index (κ1) is 11.0. The summed E-state index contributed by atoms with van der Waals surface area (Å²) in [5.74, 6) is -0.858. The molecule has 4 heteroatoms. The van der Waals surface area contributed by atoms with Gasteiger partial charge in [-0.1, -0.05) is 17.7 Å². The van der Waals surface area contributed by atoms with Gasteiger partial charge in [-0.2, -0.15) is 0 Å². The van der Waals surface area contributed by atoms with E-state index in [9.17, 15) is 13.4 Å². The van der Waals surface area contributed by atoms with Crippen LogP contribution >= 0.6 is 0 Å². The van der Waals surface area contributed by atoms with E-state index in [1.165, 1.54) is 0 Å². The molecule has 0 saturated heterocycles. The summed E-state index contributed by atoms with van der Waals surface area (Å²) < 4.78 is 23.3. The van der Waals surface area contributed by atoms with E-state index in [-0.39, 0.29) is 5.75 Å². The Balaban J connectivity index is 2.70. The predicted octanol–water partition coefficient (Wildman–Crippen LogP) is 1.64. The van der Waals surface area contributed by atoms with Crippen molar-refractivity contribution < 1.29 is 13.4 Å². The quantitative estimate of drug-likeness (QED) is 0.763. The van der Waals surface area contributed by atoms with Gasteiger partial charge in [0.05, 0.1) is 16.6 Å². The highest BCUT2D eigenvalue weighted by Crippen LogP contribution is 2.08. The van der Waals surface area contributed by atoms with Gasteiger partial charge in [0.15, 0.2) is 5.78 Å². The Kier molecular flexibility index (Phi) is 3.95. The second-order valence-electron chi connectivity index (χ2n) is 2.98. The minimum atomic E-state index is -1.41. The van der Waals surface area contributed by atoms with E-state index in [1.807, 2.05) is 19.1 Å². The van der Waals surface area contributed by atoms with Crippen molar-refractivity contribution in [2.24, 2.45) is 0 Å². The zero-order chi connectivity index (χ0) is 10.6. The monoisotopic (exact) mass is 214 g/mol. The molecule has 0 bridgehead atoms. The maximum atomic E-state index is 11.8. The first-order chi connectivity index (χ1) is 6.63. The molecule has 2 nitrogen and oxygen atoms in total. The van der Waals surface area contributed by atoms with E-state index in [2.05, 4.69) is 0 Å². The zero-order valence-electron chi connectivity index (χ0n) is 7.83. The van der Waals surface area contributed by atoms with Gasteiger partial charge in [0.25, 0.3) is 0 Å². The third-order valence-corrected chi connectivity index (χ3v) is 3.11. The number of benzene rings is 1. The van der Waals surface area contributed by atoms with Gasteiger partial charge >= 0.3 is 0 Å². The molecule has 1 aromatic rings. The molecule has 0 saturated carbocycles. The Labute approximate surface area is 84.6 Å². The van der Waals surface area contributed by atoms with Crippen molar-refractivity contribution in [3.8, 4) is 0 Å². The molecule has 76 valence electrons. The first-order valence-electron chi connectivity index (χ1n) is 4.16. The molecule has 1 atom stereocenters. The molecule has 0 amide bonds. The number of aryl methyl sites for hydroxylation is 1. The second-order valence-corrected chi connectivity index (χ2v) is 4.43. The maximum Gasteiger partial charge on any atom is 0.176 e. The number of hydrogen-bond donors (Lipinski definition) is 0. The van der Waals surface area contributed by atoms with Crippen molar-refractivity contribution in [3.05, 3.63) is 29.8 Å². The number of ketones is 1. The van der Waals surface area contributed by atoms with E-state index in [4.69, 9.17) is 0 Å². The van der Waals surface area contributed by atoms with Gasteiger partial charge in [-0.3, -0.25) is 9.00 Å². The Morgan fingerprint density at radius 2 is 1.93 bits per heavy atom. The third-order valence-electron chi connectivity index (χ3n) is 1.73. The number of Topliss-reactive ketones (excluding diaryl/α,β-unsaturated/α-hetero) is 1. The number of carbonyl (C=O) groups excluding carboxylic acids is 1. The van der Waals surface area contributed by atoms with Crippen LogP contribution in [0.1, 0.15) is 5.56 Å². The average Bonchev–Trinajstić information content (AvgIpc) is 2.18. The fourth-order valence-electron chi connectivity index (χ4n) is 0.958. The van der Waals surface area contributed by atoms with Crippen LogP contribution in [0.15, 0.2) is 29.2 Å². The van der Waals surface area contributed by atoms with Crippen LogP contribution in [0, 0.1) is 6.92 Å². The lowest BCUT2D eigenvalue weighted by atomic mass is 10.2. The summed E-state index contributed by atoms with van der Waals surface area (Å²) in [6.45, 7) is 0.872. The number of alkyl halides is 1. The maximum absolute atomic E-state index is 11.8. The molecular formula is C10H11FO2S. The normalized spacial score (nSPS) is 12.4. The fourth-order valence-corrected chi connectivity index (χ4v) is 1.93. The lowest BCUT2D eigenvalue weighted by Gasteiger charge is -2.00. The van der Waals surface area contributed by atoms with Gasteiger partial charge in [0.1, 0.15) is 6.67 Å². The first-order valence-corrected chi connectivity index (χ1v) is 5.48. The number of carbonyl (C=O) groups is 1. The summed E-state index contributed by atoms with van der Waals surface area (Å²) >= 11 is 0. The minimum absolute atomic E-state index is 0.237. The molecule has 1 rings (SSSR count). The van der Waals surface area contributed by atoms with Crippen LogP contribution in [0.5, 0.6) is 0 Å². The van der Waals surface area contributed by atoms with Crippen LogP contribution in [0.4, 0.5) is 4.39 Å². The Bertz CT molecular complexity index is 346. The fraction of sp³-hybridized carbons (Fsp3) is 0.300. The molecule has 0 radical (unpaired) electrons. The summed E-state index contributed by atoms with van der Waals surface area (Å²) in [4.78, 5) is 11.3. The van der Waals surface area contributed by atoms with Crippen molar-refractivity contribution in [3.63, 3.8) is 0 Å². The summed E-state index contributed by atoms with van der Waals surface area (Å²) in [5.41, 5.74) is 1.06. The molecule has 0 aliphatic carbocycles. The molecule has 0 aliphatic rings. The molecule has 1 aromatic carbocycles. The van der Waals surface area contributed by atoms with Crippen molar-refractivity contribution in [1.29, 1.82) is 0 Å². The Morgan fingerprint density at radius 1 is 1.36 bits per heavy atom. The minimum Gasteiger partial charge on any atom is -0.296 e. The largest absolute Gasteiger partial charge is 0.296 e. The summed E-state index contributed by atoms with van der Waals surface area (Å²) in [6, 6.07) is 7.01. The van der Waals surface area contributed by atoms with Crippen molar-refractivity contribution >= 4 is 16.6 Å². The van der Waals surface area contributed by atoms with Crippen LogP contribution in [0.2, 0.25) is 0 Å². The van der Waals surface area contributed by atoms with Crippen molar-refractivity contribution in [2.75, 3.05) is 12.4 Å². The molecule has 0 N–H and O–H groups in total. The van der Waals surface area contributed by atoms with Crippen molar-refractivity contribution in [2.45, 2.75) is 11.8 Å². The van der Waals surface area contributed by atoms with Crippen LogP contribution in [-0.4, -0.2) is 22.4 Å². The van der Waals surface area contributed by atoms with Crippen LogP contribution < -0.4 is 0 Å². The third kappa shape index (κ3) is 3.03. The van der Waals surface area contributed by atoms with Gasteiger partial charge in [0.2, 0.25) is 0 Å². The molecular weight excluding hydrogens is 203 g/mol. The van der Waals surface area contributed by atoms with Gasteiger partial charge in [-0.05, 0) is 19.1 Å². The van der Waals surface area contributed by atoms with E-state index in [1.54, 1.807) is 12.1 Å². The average molecular weight is 214 g/mol. The van der Waals surface area contributed by atoms with Gasteiger partial charge in [0, 0.05) is 4.90 Å². The van der Waals surface area contributed by atoms with Crippen molar-refractivity contribution in [1.82, 2.24) is 0 Å². The summed E-state index contributed by atoms with van der Waals surface area (Å²) in [5, 5.41) is 0. The topological polar surface area (TPSA) is 34.1 Å². The van der Waals surface area contributed by atoms with Crippen LogP contribution in [0.3, 0.4) is 0 Å². The second kappa shape index (κ2) is 5.00. The molecule has 0 fully saturated rings. The van der Waals surface area contributed by atoms with Crippen LogP contribution in [-0.2, 0) is 15.6 Å². The smallest absolute Gasteiger partial charge is 0.176 e. The lowest BCUT2D eigenvalue weighted by Crippen LogP contribution is -2.12. The van der Waals surface area contributed by atoms with E-state index >= 15 is 0 Å². The summed E-state index contributed by atoms with van der Waals surface area (Å²) in [6.07, 6.45) is 0. The van der Waals surface area contributed by atoms with Gasteiger partial charge in [-0.25, -0.2) is 4.39 Å². The molecule has 0 aliphatic heterocycles. The molecule has 0 spiro atoms. The highest BCUT2D eigenvalue weighted by molar-refractivity contribution is 7.85. The molecule has 14 heavy (non-hydrogen) atoms. The number of halogens is 1. The standard InChI is InChI=1S/C10H11FO2S/c1-8-2-4-10(5-3-8)14(13)7-9(12)6-11/h2-5H,6-7H2,1H3/t14-/m0/s1. The number of rotatable bonds is 4. The van der Waals surface area contributed by atoms with Gasteiger partial charge < -0.3 is 0 Å². The highest BCUT2D eigenvalue weighted by Gasteiger charge is 2.09. The summed E-state index contributed by atoms with van der Waals surface area (Å²) in [7, 11) is -1.41. The van der Waals surface area contributed by atoms with E-state index < -0.39 is 23.3 Å². The van der Waals surface area contributed by atoms with E-state index in [0.29, 0.717) is 4.90 Å². The van der Waals surface area contributed by atoms with E-state index in [0.717, 1.165) is 5.56 Å². The predicted molar refractivity (Wildman–Crippen MR) is 53.4 cm³/mol.